The maximum Gasteiger partial charge on any atom is 0.223 e. The number of hydrogen-bond acceptors (Lipinski definition) is 2. The molecular weight excluding hydrogens is 291 g/mol. The molecule has 2 fully saturated rings. The van der Waals surface area contributed by atoms with Crippen LogP contribution in [0.25, 0.3) is 0 Å². The van der Waals surface area contributed by atoms with Crippen molar-refractivity contribution < 1.29 is 9.18 Å². The number of rotatable bonds is 3. The molecule has 126 valence electrons. The minimum Gasteiger partial charge on any atom is -0.367 e. The van der Waals surface area contributed by atoms with E-state index in [4.69, 9.17) is 0 Å². The Morgan fingerprint density at radius 2 is 1.96 bits per heavy atom. The predicted molar refractivity (Wildman–Crippen MR) is 91.1 cm³/mol. The summed E-state index contributed by atoms with van der Waals surface area (Å²) in [6, 6.07) is 5.37. The maximum atomic E-state index is 14.1. The second-order valence-corrected chi connectivity index (χ2v) is 7.08. The van der Waals surface area contributed by atoms with Crippen LogP contribution < -0.4 is 10.2 Å². The van der Waals surface area contributed by atoms with Crippen LogP contribution in [-0.2, 0) is 4.79 Å². The van der Waals surface area contributed by atoms with Crippen molar-refractivity contribution in [2.75, 3.05) is 18.0 Å². The SMILES string of the molecule is Cc1ccc(F)c(N2CCCC(NC(=O)C3CCCCC3)C2)c1. The Kier molecular flexibility index (Phi) is 5.19. The molecule has 1 heterocycles. The van der Waals surface area contributed by atoms with Crippen LogP contribution in [0.2, 0.25) is 0 Å². The van der Waals surface area contributed by atoms with Gasteiger partial charge in [-0.1, -0.05) is 25.3 Å². The van der Waals surface area contributed by atoms with Gasteiger partial charge in [-0.2, -0.15) is 0 Å². The lowest BCUT2D eigenvalue weighted by atomic mass is 9.88. The highest BCUT2D eigenvalue weighted by Crippen LogP contribution is 2.26. The maximum absolute atomic E-state index is 14.1. The first kappa shape index (κ1) is 16.3. The molecule has 2 aliphatic rings. The largest absolute Gasteiger partial charge is 0.367 e. The van der Waals surface area contributed by atoms with Gasteiger partial charge in [-0.3, -0.25) is 4.79 Å². The average molecular weight is 318 g/mol. The summed E-state index contributed by atoms with van der Waals surface area (Å²) >= 11 is 0. The van der Waals surface area contributed by atoms with Crippen LogP contribution in [0.4, 0.5) is 10.1 Å². The lowest BCUT2D eigenvalue weighted by molar-refractivity contribution is -0.126. The molecule has 0 aromatic heterocycles. The molecule has 4 heteroatoms. The van der Waals surface area contributed by atoms with E-state index in [2.05, 4.69) is 10.2 Å². The summed E-state index contributed by atoms with van der Waals surface area (Å²) in [7, 11) is 0. The third kappa shape index (κ3) is 4.04. The first-order valence-electron chi connectivity index (χ1n) is 8.95. The Morgan fingerprint density at radius 3 is 2.74 bits per heavy atom. The van der Waals surface area contributed by atoms with Crippen molar-refractivity contribution in [3.05, 3.63) is 29.6 Å². The van der Waals surface area contributed by atoms with E-state index in [9.17, 15) is 9.18 Å². The molecule has 1 saturated heterocycles. The van der Waals surface area contributed by atoms with Crippen LogP contribution in [0.1, 0.15) is 50.5 Å². The number of piperidine rings is 1. The quantitative estimate of drug-likeness (QED) is 0.919. The van der Waals surface area contributed by atoms with Gasteiger partial charge in [-0.05, 0) is 50.3 Å². The topological polar surface area (TPSA) is 32.3 Å². The number of nitrogens with one attached hydrogen (secondary N) is 1. The molecule has 1 aliphatic heterocycles. The Morgan fingerprint density at radius 1 is 1.17 bits per heavy atom. The van der Waals surface area contributed by atoms with Crippen molar-refractivity contribution in [2.45, 2.75) is 57.9 Å². The van der Waals surface area contributed by atoms with Crippen LogP contribution in [0, 0.1) is 18.7 Å². The molecule has 1 amide bonds. The molecule has 0 spiro atoms. The fourth-order valence-corrected chi connectivity index (χ4v) is 3.86. The highest BCUT2D eigenvalue weighted by molar-refractivity contribution is 5.79. The smallest absolute Gasteiger partial charge is 0.223 e. The van der Waals surface area contributed by atoms with Crippen molar-refractivity contribution in [3.8, 4) is 0 Å². The average Bonchev–Trinajstić information content (AvgIpc) is 2.58. The third-order valence-electron chi connectivity index (χ3n) is 5.19. The van der Waals surface area contributed by atoms with E-state index < -0.39 is 0 Å². The standard InChI is InChI=1S/C19H27FN2O/c1-14-9-10-17(20)18(12-14)22-11-5-8-16(13-22)21-19(23)15-6-3-2-4-7-15/h9-10,12,15-16H,2-8,11,13H2,1H3,(H,21,23). The summed E-state index contributed by atoms with van der Waals surface area (Å²) in [6.07, 6.45) is 7.62. The van der Waals surface area contributed by atoms with E-state index >= 15 is 0 Å². The van der Waals surface area contributed by atoms with Crippen LogP contribution in [-0.4, -0.2) is 25.0 Å². The second kappa shape index (κ2) is 7.33. The summed E-state index contributed by atoms with van der Waals surface area (Å²) in [6.45, 7) is 3.55. The zero-order valence-electron chi connectivity index (χ0n) is 14.0. The molecule has 1 atom stereocenters. The highest BCUT2D eigenvalue weighted by atomic mass is 19.1. The molecule has 3 nitrogen and oxygen atoms in total. The van der Waals surface area contributed by atoms with Gasteiger partial charge in [0.05, 0.1) is 5.69 Å². The van der Waals surface area contributed by atoms with Gasteiger partial charge in [0.15, 0.2) is 0 Å². The van der Waals surface area contributed by atoms with Gasteiger partial charge in [0.2, 0.25) is 5.91 Å². The van der Waals surface area contributed by atoms with Gasteiger partial charge in [0, 0.05) is 25.0 Å². The van der Waals surface area contributed by atoms with Gasteiger partial charge < -0.3 is 10.2 Å². The van der Waals surface area contributed by atoms with E-state index in [0.29, 0.717) is 12.2 Å². The van der Waals surface area contributed by atoms with Gasteiger partial charge in [0.25, 0.3) is 0 Å². The molecule has 0 bridgehead atoms. The Labute approximate surface area is 138 Å². The minimum atomic E-state index is -0.171. The highest BCUT2D eigenvalue weighted by Gasteiger charge is 2.27. The fraction of sp³-hybridized carbons (Fsp3) is 0.632. The van der Waals surface area contributed by atoms with Crippen molar-refractivity contribution in [3.63, 3.8) is 0 Å². The molecule has 3 rings (SSSR count). The van der Waals surface area contributed by atoms with E-state index in [1.54, 1.807) is 6.07 Å². The van der Waals surface area contributed by atoms with Gasteiger partial charge in [-0.15, -0.1) is 0 Å². The number of anilines is 1. The number of hydrogen-bond donors (Lipinski definition) is 1. The lowest BCUT2D eigenvalue weighted by Crippen LogP contribution is -2.49. The van der Waals surface area contributed by atoms with Crippen molar-refractivity contribution in [1.82, 2.24) is 5.32 Å². The molecular formula is C19H27FN2O. The number of aryl methyl sites for hydroxylation is 1. The molecule has 1 aromatic carbocycles. The van der Waals surface area contributed by atoms with Gasteiger partial charge in [-0.25, -0.2) is 4.39 Å². The summed E-state index contributed by atoms with van der Waals surface area (Å²) < 4.78 is 14.1. The van der Waals surface area contributed by atoms with Crippen LogP contribution in [0.3, 0.4) is 0 Å². The first-order valence-corrected chi connectivity index (χ1v) is 8.95. The first-order chi connectivity index (χ1) is 11.1. The molecule has 1 saturated carbocycles. The van der Waals surface area contributed by atoms with E-state index in [1.165, 1.54) is 25.3 Å². The number of carbonyl (C=O) groups is 1. The molecule has 1 aliphatic carbocycles. The Bertz CT molecular complexity index is 554. The van der Waals surface area contributed by atoms with Crippen LogP contribution >= 0.6 is 0 Å². The van der Waals surface area contributed by atoms with E-state index in [-0.39, 0.29) is 23.7 Å². The number of nitrogens with zero attached hydrogens (tertiary/aromatic N) is 1. The molecule has 0 radical (unpaired) electrons. The zero-order chi connectivity index (χ0) is 16.2. The normalized spacial score (nSPS) is 22.9. The van der Waals surface area contributed by atoms with Gasteiger partial charge >= 0.3 is 0 Å². The van der Waals surface area contributed by atoms with Crippen molar-refractivity contribution in [1.29, 1.82) is 0 Å². The number of carbonyl (C=O) groups excluding carboxylic acids is 1. The summed E-state index contributed by atoms with van der Waals surface area (Å²) in [5.41, 5.74) is 1.73. The number of halogens is 1. The molecule has 23 heavy (non-hydrogen) atoms. The Balaban J connectivity index is 1.61. The number of amides is 1. The second-order valence-electron chi connectivity index (χ2n) is 7.08. The summed E-state index contributed by atoms with van der Waals surface area (Å²) in [4.78, 5) is 14.5. The Hall–Kier alpha value is -1.58. The minimum absolute atomic E-state index is 0.137. The summed E-state index contributed by atoms with van der Waals surface area (Å²) in [5.74, 6) is 0.228. The monoisotopic (exact) mass is 318 g/mol. The van der Waals surface area contributed by atoms with Crippen molar-refractivity contribution >= 4 is 11.6 Å². The molecule has 1 N–H and O–H groups in total. The van der Waals surface area contributed by atoms with Crippen LogP contribution in [0.5, 0.6) is 0 Å². The molecule has 1 aromatic rings. The van der Waals surface area contributed by atoms with Gasteiger partial charge in [0.1, 0.15) is 5.82 Å². The van der Waals surface area contributed by atoms with Crippen LogP contribution in [0.15, 0.2) is 18.2 Å². The molecule has 1 unspecified atom stereocenters. The lowest BCUT2D eigenvalue weighted by Gasteiger charge is -2.36. The predicted octanol–water partition coefficient (Wildman–Crippen LogP) is 3.80. The van der Waals surface area contributed by atoms with E-state index in [1.807, 2.05) is 13.0 Å². The zero-order valence-corrected chi connectivity index (χ0v) is 14.0. The number of benzene rings is 1. The van der Waals surface area contributed by atoms with E-state index in [0.717, 1.165) is 37.8 Å². The van der Waals surface area contributed by atoms with Crippen molar-refractivity contribution in [2.24, 2.45) is 5.92 Å². The summed E-state index contributed by atoms with van der Waals surface area (Å²) in [5, 5.41) is 3.22. The third-order valence-corrected chi connectivity index (χ3v) is 5.19. The fourth-order valence-electron chi connectivity index (χ4n) is 3.86.